The fourth-order valence-corrected chi connectivity index (χ4v) is 1.68. The first kappa shape index (κ1) is 14.2. The molecule has 0 fully saturated rings. The smallest absolute Gasteiger partial charge is 0.244 e. The molecular formula is C15H12ClFN2O. The number of halogens is 2. The van der Waals surface area contributed by atoms with Crippen molar-refractivity contribution in [1.29, 1.82) is 0 Å². The quantitative estimate of drug-likeness (QED) is 0.682. The number of nitrogens with one attached hydrogen (secondary N) is 1. The van der Waals surface area contributed by atoms with Gasteiger partial charge >= 0.3 is 0 Å². The van der Waals surface area contributed by atoms with Gasteiger partial charge in [-0.25, -0.2) is 9.82 Å². The molecule has 3 nitrogen and oxygen atoms in total. The third kappa shape index (κ3) is 4.48. The summed E-state index contributed by atoms with van der Waals surface area (Å²) in [6, 6.07) is 12.8. The molecule has 0 aliphatic rings. The first-order valence-corrected chi connectivity index (χ1v) is 6.33. The van der Waals surface area contributed by atoms with Gasteiger partial charge in [0.25, 0.3) is 0 Å². The van der Waals surface area contributed by atoms with Crippen LogP contribution in [0.2, 0.25) is 5.02 Å². The number of benzene rings is 2. The molecule has 2 rings (SSSR count). The molecule has 0 aliphatic carbocycles. The van der Waals surface area contributed by atoms with E-state index in [1.54, 1.807) is 36.4 Å². The maximum atomic E-state index is 12.7. The first-order valence-electron chi connectivity index (χ1n) is 5.95. The van der Waals surface area contributed by atoms with Crippen molar-refractivity contribution in [2.75, 3.05) is 0 Å². The molecule has 102 valence electrons. The van der Waals surface area contributed by atoms with Crippen LogP contribution in [-0.2, 0) is 11.2 Å². The zero-order chi connectivity index (χ0) is 14.4. The highest BCUT2D eigenvalue weighted by atomic mass is 35.5. The third-order valence-electron chi connectivity index (χ3n) is 2.55. The molecule has 1 N–H and O–H groups in total. The van der Waals surface area contributed by atoms with Crippen LogP contribution in [0.25, 0.3) is 0 Å². The first-order chi connectivity index (χ1) is 9.63. The molecule has 0 atom stereocenters. The van der Waals surface area contributed by atoms with Crippen molar-refractivity contribution in [3.63, 3.8) is 0 Å². The van der Waals surface area contributed by atoms with Gasteiger partial charge in [-0.2, -0.15) is 5.10 Å². The standard InChI is InChI=1S/C15H12ClFN2O/c16-13-5-1-12(2-6-13)10-18-19-15(20)9-11-3-7-14(17)8-4-11/h1-8,10H,9H2,(H,19,20)/b18-10+. The van der Waals surface area contributed by atoms with Gasteiger partial charge in [0.15, 0.2) is 0 Å². The van der Waals surface area contributed by atoms with Gasteiger partial charge in [-0.05, 0) is 35.4 Å². The van der Waals surface area contributed by atoms with Crippen LogP contribution < -0.4 is 5.43 Å². The van der Waals surface area contributed by atoms with Crippen molar-refractivity contribution in [3.8, 4) is 0 Å². The van der Waals surface area contributed by atoms with E-state index in [0.717, 1.165) is 11.1 Å². The van der Waals surface area contributed by atoms with Crippen molar-refractivity contribution < 1.29 is 9.18 Å². The zero-order valence-corrected chi connectivity index (χ0v) is 11.3. The van der Waals surface area contributed by atoms with E-state index < -0.39 is 0 Å². The van der Waals surface area contributed by atoms with E-state index in [1.165, 1.54) is 18.3 Å². The predicted molar refractivity (Wildman–Crippen MR) is 77.3 cm³/mol. The number of hydrogen-bond acceptors (Lipinski definition) is 2. The van der Waals surface area contributed by atoms with Crippen LogP contribution in [0.1, 0.15) is 11.1 Å². The maximum absolute atomic E-state index is 12.7. The third-order valence-corrected chi connectivity index (χ3v) is 2.80. The van der Waals surface area contributed by atoms with Gasteiger partial charge in [-0.3, -0.25) is 4.79 Å². The van der Waals surface area contributed by atoms with E-state index in [1.807, 2.05) is 0 Å². The molecule has 0 aromatic heterocycles. The topological polar surface area (TPSA) is 41.5 Å². The minimum absolute atomic E-state index is 0.151. The van der Waals surface area contributed by atoms with Crippen molar-refractivity contribution in [2.24, 2.45) is 5.10 Å². The van der Waals surface area contributed by atoms with E-state index in [9.17, 15) is 9.18 Å². The number of carbonyl (C=O) groups is 1. The fraction of sp³-hybridized carbons (Fsp3) is 0.0667. The Balaban J connectivity index is 1.85. The van der Waals surface area contributed by atoms with Gasteiger partial charge in [-0.15, -0.1) is 0 Å². The molecule has 0 heterocycles. The fourth-order valence-electron chi connectivity index (χ4n) is 1.55. The normalized spacial score (nSPS) is 10.7. The average Bonchev–Trinajstić information content (AvgIpc) is 2.44. The summed E-state index contributed by atoms with van der Waals surface area (Å²) in [6.07, 6.45) is 1.68. The molecule has 1 amide bonds. The molecule has 0 unspecified atom stereocenters. The highest BCUT2D eigenvalue weighted by Crippen LogP contribution is 2.07. The summed E-state index contributed by atoms with van der Waals surface area (Å²) < 4.78 is 12.7. The van der Waals surface area contributed by atoms with Crippen LogP contribution in [0.15, 0.2) is 53.6 Å². The summed E-state index contributed by atoms with van der Waals surface area (Å²) in [5.41, 5.74) is 3.97. The lowest BCUT2D eigenvalue weighted by molar-refractivity contribution is -0.120. The number of rotatable bonds is 4. The second-order valence-corrected chi connectivity index (χ2v) is 4.58. The Morgan fingerprint density at radius 3 is 2.45 bits per heavy atom. The summed E-state index contributed by atoms with van der Waals surface area (Å²) in [4.78, 5) is 11.6. The van der Waals surface area contributed by atoms with Gasteiger partial charge < -0.3 is 0 Å². The van der Waals surface area contributed by atoms with Crippen LogP contribution in [0.5, 0.6) is 0 Å². The molecule has 5 heteroatoms. The van der Waals surface area contributed by atoms with Crippen LogP contribution >= 0.6 is 11.6 Å². The monoisotopic (exact) mass is 290 g/mol. The number of amides is 1. The Morgan fingerprint density at radius 1 is 1.15 bits per heavy atom. The lowest BCUT2D eigenvalue weighted by Crippen LogP contribution is -2.19. The molecule has 0 saturated carbocycles. The Morgan fingerprint density at radius 2 is 1.80 bits per heavy atom. The van der Waals surface area contributed by atoms with E-state index in [2.05, 4.69) is 10.5 Å². The van der Waals surface area contributed by atoms with Gasteiger partial charge in [0.1, 0.15) is 5.82 Å². The summed E-state index contributed by atoms with van der Waals surface area (Å²) in [7, 11) is 0. The minimum Gasteiger partial charge on any atom is -0.273 e. The highest BCUT2D eigenvalue weighted by molar-refractivity contribution is 6.30. The Bertz CT molecular complexity index is 609. The van der Waals surface area contributed by atoms with Gasteiger partial charge in [0.05, 0.1) is 12.6 Å². The lowest BCUT2D eigenvalue weighted by atomic mass is 10.1. The molecule has 0 saturated heterocycles. The van der Waals surface area contributed by atoms with E-state index in [-0.39, 0.29) is 18.1 Å². The van der Waals surface area contributed by atoms with Crippen LogP contribution in [0, 0.1) is 5.82 Å². The van der Waals surface area contributed by atoms with Crippen LogP contribution in [0.4, 0.5) is 4.39 Å². The second-order valence-electron chi connectivity index (χ2n) is 4.15. The summed E-state index contributed by atoms with van der Waals surface area (Å²) in [5.74, 6) is -0.586. The maximum Gasteiger partial charge on any atom is 0.244 e. The molecule has 0 radical (unpaired) electrons. The van der Waals surface area contributed by atoms with E-state index >= 15 is 0 Å². The zero-order valence-electron chi connectivity index (χ0n) is 10.5. The Hall–Kier alpha value is -2.20. The average molecular weight is 291 g/mol. The van der Waals surface area contributed by atoms with E-state index in [0.29, 0.717) is 5.02 Å². The summed E-state index contributed by atoms with van der Waals surface area (Å²) in [5, 5.41) is 4.48. The highest BCUT2D eigenvalue weighted by Gasteiger charge is 2.01. The Kier molecular flexibility index (Phi) is 4.85. The molecule has 0 bridgehead atoms. The van der Waals surface area contributed by atoms with Crippen molar-refractivity contribution in [1.82, 2.24) is 5.43 Å². The Labute approximate surface area is 121 Å². The molecule has 0 aliphatic heterocycles. The van der Waals surface area contributed by atoms with Crippen LogP contribution in [-0.4, -0.2) is 12.1 Å². The number of carbonyl (C=O) groups excluding carboxylic acids is 1. The van der Waals surface area contributed by atoms with Crippen LogP contribution in [0.3, 0.4) is 0 Å². The van der Waals surface area contributed by atoms with Crippen molar-refractivity contribution in [3.05, 3.63) is 70.5 Å². The summed E-state index contributed by atoms with van der Waals surface area (Å²) >= 11 is 5.76. The van der Waals surface area contributed by atoms with Gasteiger partial charge in [-0.1, -0.05) is 35.9 Å². The van der Waals surface area contributed by atoms with Gasteiger partial charge in [0.2, 0.25) is 5.91 Å². The van der Waals surface area contributed by atoms with Crippen molar-refractivity contribution in [2.45, 2.75) is 6.42 Å². The molecular weight excluding hydrogens is 279 g/mol. The molecule has 2 aromatic rings. The molecule has 20 heavy (non-hydrogen) atoms. The molecule has 0 spiro atoms. The number of hydrogen-bond donors (Lipinski definition) is 1. The second kappa shape index (κ2) is 6.82. The largest absolute Gasteiger partial charge is 0.273 e. The van der Waals surface area contributed by atoms with Gasteiger partial charge in [0, 0.05) is 5.02 Å². The SMILES string of the molecule is O=C(Cc1ccc(F)cc1)N/N=C/c1ccc(Cl)cc1. The number of hydrazone groups is 1. The number of nitrogens with zero attached hydrogens (tertiary/aromatic N) is 1. The van der Waals surface area contributed by atoms with Crippen molar-refractivity contribution >= 4 is 23.7 Å². The molecule has 2 aromatic carbocycles. The minimum atomic E-state index is -0.324. The predicted octanol–water partition coefficient (Wildman–Crippen LogP) is 3.17. The van der Waals surface area contributed by atoms with E-state index in [4.69, 9.17) is 11.6 Å². The summed E-state index contributed by atoms with van der Waals surface area (Å²) in [6.45, 7) is 0. The lowest BCUT2D eigenvalue weighted by Gasteiger charge is -2.00.